The molecule has 0 spiro atoms. The minimum atomic E-state index is -1.09. The number of likely N-dealkylation sites (N-methyl/N-ethyl adjacent to an activating group) is 1. The van der Waals surface area contributed by atoms with Crippen LogP contribution in [0, 0.1) is 6.92 Å². The normalized spacial score (nSPS) is 10.0. The Morgan fingerprint density at radius 2 is 1.82 bits per heavy atom. The van der Waals surface area contributed by atoms with E-state index >= 15 is 0 Å². The zero-order valence-corrected chi connectivity index (χ0v) is 10.1. The van der Waals surface area contributed by atoms with Gasteiger partial charge in [-0.15, -0.1) is 0 Å². The standard InChI is InChI=1S/C13H17NO3/c1-10-3-5-11(6-4-10)7-8-14(2)12(15)9-13(16)17/h3-6H,7-9H2,1-2H3,(H,16,17). The lowest BCUT2D eigenvalue weighted by atomic mass is 10.1. The molecular formula is C13H17NO3. The van der Waals surface area contributed by atoms with E-state index in [4.69, 9.17) is 5.11 Å². The number of nitrogens with zero attached hydrogens (tertiary/aromatic N) is 1. The first-order chi connectivity index (χ1) is 7.99. The second kappa shape index (κ2) is 6.03. The molecule has 0 saturated heterocycles. The van der Waals surface area contributed by atoms with Crippen LogP contribution in [-0.2, 0) is 16.0 Å². The molecule has 0 aromatic heterocycles. The fourth-order valence-corrected chi connectivity index (χ4v) is 1.44. The molecule has 0 bridgehead atoms. The monoisotopic (exact) mass is 235 g/mol. The number of carboxylic acid groups (broad SMARTS) is 1. The summed E-state index contributed by atoms with van der Waals surface area (Å²) >= 11 is 0. The number of carbonyl (C=O) groups is 2. The van der Waals surface area contributed by atoms with Crippen molar-refractivity contribution in [1.82, 2.24) is 4.90 Å². The van der Waals surface area contributed by atoms with Crippen LogP contribution in [0.1, 0.15) is 17.5 Å². The Hall–Kier alpha value is -1.84. The third-order valence-electron chi connectivity index (χ3n) is 2.58. The van der Waals surface area contributed by atoms with Crippen LogP contribution in [-0.4, -0.2) is 35.5 Å². The average molecular weight is 235 g/mol. The van der Waals surface area contributed by atoms with Gasteiger partial charge in [0.25, 0.3) is 0 Å². The Labute approximate surface area is 101 Å². The van der Waals surface area contributed by atoms with Gasteiger partial charge in [-0.25, -0.2) is 0 Å². The third-order valence-corrected chi connectivity index (χ3v) is 2.58. The van der Waals surface area contributed by atoms with Crippen LogP contribution in [0.25, 0.3) is 0 Å². The zero-order valence-electron chi connectivity index (χ0n) is 10.1. The summed E-state index contributed by atoms with van der Waals surface area (Å²) in [5, 5.41) is 8.50. The van der Waals surface area contributed by atoms with Gasteiger partial charge in [0.05, 0.1) is 0 Å². The van der Waals surface area contributed by atoms with Gasteiger partial charge in [0.15, 0.2) is 0 Å². The summed E-state index contributed by atoms with van der Waals surface area (Å²) in [5.41, 5.74) is 2.34. The van der Waals surface area contributed by atoms with Crippen LogP contribution in [0.5, 0.6) is 0 Å². The summed E-state index contributed by atoms with van der Waals surface area (Å²) in [7, 11) is 1.62. The van der Waals surface area contributed by atoms with Crippen molar-refractivity contribution in [1.29, 1.82) is 0 Å². The summed E-state index contributed by atoms with van der Waals surface area (Å²) in [6.45, 7) is 2.56. The lowest BCUT2D eigenvalue weighted by Crippen LogP contribution is -2.30. The number of rotatable bonds is 5. The first-order valence-corrected chi connectivity index (χ1v) is 5.50. The maximum atomic E-state index is 11.4. The Morgan fingerprint density at radius 3 is 2.35 bits per heavy atom. The SMILES string of the molecule is Cc1ccc(CCN(C)C(=O)CC(=O)O)cc1. The van der Waals surface area contributed by atoms with Crippen molar-refractivity contribution < 1.29 is 14.7 Å². The minimum absolute atomic E-state index is 0.357. The van der Waals surface area contributed by atoms with Crippen LogP contribution in [0.15, 0.2) is 24.3 Å². The second-order valence-electron chi connectivity index (χ2n) is 4.12. The molecule has 0 unspecified atom stereocenters. The second-order valence-corrected chi connectivity index (χ2v) is 4.12. The maximum absolute atomic E-state index is 11.4. The predicted molar refractivity (Wildman–Crippen MR) is 64.8 cm³/mol. The molecule has 1 aromatic carbocycles. The number of hydrogen-bond donors (Lipinski definition) is 1. The molecule has 0 aliphatic heterocycles. The van der Waals surface area contributed by atoms with Crippen LogP contribution in [0.2, 0.25) is 0 Å². The fraction of sp³-hybridized carbons (Fsp3) is 0.385. The van der Waals surface area contributed by atoms with Gasteiger partial charge in [-0.2, -0.15) is 0 Å². The van der Waals surface area contributed by atoms with Crippen molar-refractivity contribution in [2.24, 2.45) is 0 Å². The van der Waals surface area contributed by atoms with Gasteiger partial charge in [0.1, 0.15) is 6.42 Å². The Kier molecular flexibility index (Phi) is 4.69. The van der Waals surface area contributed by atoms with E-state index in [-0.39, 0.29) is 5.91 Å². The molecule has 0 heterocycles. The van der Waals surface area contributed by atoms with E-state index in [2.05, 4.69) is 0 Å². The number of aryl methyl sites for hydroxylation is 1. The molecule has 4 heteroatoms. The first-order valence-electron chi connectivity index (χ1n) is 5.50. The summed E-state index contributed by atoms with van der Waals surface area (Å²) in [5.74, 6) is -1.44. The van der Waals surface area contributed by atoms with Gasteiger partial charge in [-0.3, -0.25) is 9.59 Å². The molecule has 1 N–H and O–H groups in total. The summed E-state index contributed by atoms with van der Waals surface area (Å²) < 4.78 is 0. The van der Waals surface area contributed by atoms with Crippen LogP contribution in [0.4, 0.5) is 0 Å². The number of carbonyl (C=O) groups excluding carboxylic acids is 1. The van der Waals surface area contributed by atoms with Crippen molar-refractivity contribution in [2.45, 2.75) is 19.8 Å². The molecule has 1 aromatic rings. The van der Waals surface area contributed by atoms with Gasteiger partial charge in [-0.05, 0) is 18.9 Å². The lowest BCUT2D eigenvalue weighted by molar-refractivity contribution is -0.143. The molecular weight excluding hydrogens is 218 g/mol. The number of carboxylic acids is 1. The molecule has 1 amide bonds. The van der Waals surface area contributed by atoms with Crippen molar-refractivity contribution in [3.8, 4) is 0 Å². The highest BCUT2D eigenvalue weighted by atomic mass is 16.4. The first kappa shape index (κ1) is 13.2. The molecule has 1 rings (SSSR count). The third kappa shape index (κ3) is 4.68. The number of benzene rings is 1. The minimum Gasteiger partial charge on any atom is -0.481 e. The molecule has 0 saturated carbocycles. The number of aliphatic carboxylic acids is 1. The van der Waals surface area contributed by atoms with Crippen molar-refractivity contribution in [2.75, 3.05) is 13.6 Å². The van der Waals surface area contributed by atoms with Crippen LogP contribution in [0.3, 0.4) is 0 Å². The Morgan fingerprint density at radius 1 is 1.24 bits per heavy atom. The van der Waals surface area contributed by atoms with E-state index in [9.17, 15) is 9.59 Å². The van der Waals surface area contributed by atoms with Crippen molar-refractivity contribution in [3.05, 3.63) is 35.4 Å². The highest BCUT2D eigenvalue weighted by Gasteiger charge is 2.12. The van der Waals surface area contributed by atoms with E-state index in [1.807, 2.05) is 31.2 Å². The highest BCUT2D eigenvalue weighted by molar-refractivity contribution is 5.93. The van der Waals surface area contributed by atoms with Gasteiger partial charge >= 0.3 is 5.97 Å². The smallest absolute Gasteiger partial charge is 0.312 e. The van der Waals surface area contributed by atoms with Crippen molar-refractivity contribution in [3.63, 3.8) is 0 Å². The molecule has 4 nitrogen and oxygen atoms in total. The average Bonchev–Trinajstić information content (AvgIpc) is 2.27. The van der Waals surface area contributed by atoms with E-state index < -0.39 is 12.4 Å². The summed E-state index contributed by atoms with van der Waals surface area (Å²) in [6.07, 6.45) is 0.298. The molecule has 92 valence electrons. The molecule has 17 heavy (non-hydrogen) atoms. The van der Waals surface area contributed by atoms with Crippen molar-refractivity contribution >= 4 is 11.9 Å². The van der Waals surface area contributed by atoms with Gasteiger partial charge < -0.3 is 10.0 Å². The maximum Gasteiger partial charge on any atom is 0.312 e. The predicted octanol–water partition coefficient (Wildman–Crippen LogP) is 1.47. The molecule has 0 fully saturated rings. The molecule has 0 atom stereocenters. The molecule has 0 radical (unpaired) electrons. The highest BCUT2D eigenvalue weighted by Crippen LogP contribution is 2.04. The van der Waals surface area contributed by atoms with Gasteiger partial charge in [0, 0.05) is 13.6 Å². The van der Waals surface area contributed by atoms with E-state index in [1.165, 1.54) is 10.5 Å². The molecule has 0 aliphatic rings. The Balaban J connectivity index is 2.42. The van der Waals surface area contributed by atoms with Gasteiger partial charge in [0.2, 0.25) is 5.91 Å². The number of hydrogen-bond acceptors (Lipinski definition) is 2. The van der Waals surface area contributed by atoms with Crippen LogP contribution >= 0.6 is 0 Å². The fourth-order valence-electron chi connectivity index (χ4n) is 1.44. The largest absolute Gasteiger partial charge is 0.481 e. The summed E-state index contributed by atoms with van der Waals surface area (Å²) in [4.78, 5) is 23.2. The van der Waals surface area contributed by atoms with E-state index in [0.717, 1.165) is 12.0 Å². The Bertz CT molecular complexity index is 398. The van der Waals surface area contributed by atoms with E-state index in [0.29, 0.717) is 6.54 Å². The van der Waals surface area contributed by atoms with Crippen LogP contribution < -0.4 is 0 Å². The molecule has 0 aliphatic carbocycles. The van der Waals surface area contributed by atoms with Gasteiger partial charge in [-0.1, -0.05) is 29.8 Å². The lowest BCUT2D eigenvalue weighted by Gasteiger charge is -2.16. The zero-order chi connectivity index (χ0) is 12.8. The van der Waals surface area contributed by atoms with E-state index in [1.54, 1.807) is 7.05 Å². The quantitative estimate of drug-likeness (QED) is 0.786. The summed E-state index contributed by atoms with van der Waals surface area (Å²) in [6, 6.07) is 8.08. The number of amides is 1. The topological polar surface area (TPSA) is 57.6 Å².